The minimum absolute atomic E-state index is 0.138. The van der Waals surface area contributed by atoms with Crippen molar-refractivity contribution in [2.75, 3.05) is 0 Å². The van der Waals surface area contributed by atoms with Crippen LogP contribution in [0.3, 0.4) is 0 Å². The predicted molar refractivity (Wildman–Crippen MR) is 80.0 cm³/mol. The van der Waals surface area contributed by atoms with Gasteiger partial charge in [-0.25, -0.2) is 9.97 Å². The second kappa shape index (κ2) is 4.94. The molecular weight excluding hydrogens is 365 g/mol. The molecule has 0 aliphatic heterocycles. The normalized spacial score (nSPS) is 14.1. The largest absolute Gasteiger partial charge is 0.390 e. The lowest BCUT2D eigenvalue weighted by Crippen LogP contribution is -2.22. The van der Waals surface area contributed by atoms with Gasteiger partial charge in [-0.3, -0.25) is 4.40 Å². The summed E-state index contributed by atoms with van der Waals surface area (Å²) in [7, 11) is 0. The van der Waals surface area contributed by atoms with Crippen LogP contribution in [0.1, 0.15) is 38.9 Å². The molecule has 2 rings (SSSR count). The number of aliphatic hydroxyl groups is 1. The van der Waals surface area contributed by atoms with Crippen molar-refractivity contribution in [2.45, 2.75) is 38.7 Å². The second-order valence-corrected chi connectivity index (χ2v) is 6.49. The molecule has 6 heteroatoms. The fraction of sp³-hybridized carbons (Fsp3) is 0.500. The number of imidazole rings is 1. The van der Waals surface area contributed by atoms with Gasteiger partial charge in [0.1, 0.15) is 15.0 Å². The van der Waals surface area contributed by atoms with Crippen molar-refractivity contribution in [3.05, 3.63) is 27.1 Å². The van der Waals surface area contributed by atoms with E-state index >= 15 is 0 Å². The first-order valence-electron chi connectivity index (χ1n) is 5.70. The summed E-state index contributed by atoms with van der Waals surface area (Å²) in [5.74, 6) is 1.04. The van der Waals surface area contributed by atoms with Crippen LogP contribution >= 0.6 is 34.2 Å². The quantitative estimate of drug-likeness (QED) is 0.833. The van der Waals surface area contributed by atoms with Crippen LogP contribution in [0.25, 0.3) is 5.52 Å². The maximum atomic E-state index is 9.91. The van der Waals surface area contributed by atoms with E-state index in [-0.39, 0.29) is 5.92 Å². The minimum Gasteiger partial charge on any atom is -0.390 e. The molecule has 2 aromatic heterocycles. The number of hydrogen-bond acceptors (Lipinski definition) is 3. The molecule has 0 aromatic carbocycles. The number of fused-ring (bicyclic) bond motifs is 1. The lowest BCUT2D eigenvalue weighted by molar-refractivity contribution is 0.0638. The van der Waals surface area contributed by atoms with Crippen molar-refractivity contribution >= 4 is 39.7 Å². The van der Waals surface area contributed by atoms with Gasteiger partial charge in [0, 0.05) is 18.3 Å². The van der Waals surface area contributed by atoms with Gasteiger partial charge in [-0.15, -0.1) is 0 Å². The van der Waals surface area contributed by atoms with Crippen LogP contribution in [0.4, 0.5) is 0 Å². The highest BCUT2D eigenvalue weighted by atomic mass is 127. The third kappa shape index (κ3) is 2.78. The summed E-state index contributed by atoms with van der Waals surface area (Å²) in [6.45, 7) is 5.66. The molecule has 0 amide bonds. The van der Waals surface area contributed by atoms with Crippen LogP contribution in [0.15, 0.2) is 12.4 Å². The van der Waals surface area contributed by atoms with E-state index in [0.29, 0.717) is 11.6 Å². The lowest BCUT2D eigenvalue weighted by Gasteiger charge is -2.21. The topological polar surface area (TPSA) is 50.4 Å². The molecule has 0 saturated heterocycles. The highest BCUT2D eigenvalue weighted by Crippen LogP contribution is 2.29. The third-order valence-electron chi connectivity index (χ3n) is 2.74. The summed E-state index contributed by atoms with van der Waals surface area (Å²) < 4.78 is 2.79. The summed E-state index contributed by atoms with van der Waals surface area (Å²) in [5, 5.41) is 10.4. The Kier molecular flexibility index (Phi) is 3.85. The molecule has 2 heterocycles. The van der Waals surface area contributed by atoms with Gasteiger partial charge >= 0.3 is 0 Å². The highest BCUT2D eigenvalue weighted by Gasteiger charge is 2.23. The fourth-order valence-electron chi connectivity index (χ4n) is 2.17. The number of rotatable bonds is 3. The average molecular weight is 380 g/mol. The van der Waals surface area contributed by atoms with E-state index in [1.54, 1.807) is 20.0 Å². The fourth-order valence-corrected chi connectivity index (χ4v) is 3.33. The summed E-state index contributed by atoms with van der Waals surface area (Å²) in [4.78, 5) is 8.61. The summed E-state index contributed by atoms with van der Waals surface area (Å²) in [5.41, 5.74) is 0.116. The number of nitrogens with zero attached hydrogens (tertiary/aromatic N) is 3. The van der Waals surface area contributed by atoms with E-state index in [4.69, 9.17) is 11.6 Å². The van der Waals surface area contributed by atoms with E-state index in [0.717, 1.165) is 15.0 Å². The smallest absolute Gasteiger partial charge is 0.155 e. The van der Waals surface area contributed by atoms with Crippen LogP contribution in [0, 0.1) is 3.70 Å². The summed E-state index contributed by atoms with van der Waals surface area (Å²) in [6, 6.07) is 0. The van der Waals surface area contributed by atoms with Gasteiger partial charge in [-0.2, -0.15) is 0 Å². The average Bonchev–Trinajstić information content (AvgIpc) is 2.55. The van der Waals surface area contributed by atoms with E-state index in [2.05, 4.69) is 39.5 Å². The molecule has 98 valence electrons. The molecule has 0 saturated carbocycles. The molecule has 1 atom stereocenters. The Morgan fingerprint density at radius 3 is 2.83 bits per heavy atom. The van der Waals surface area contributed by atoms with Gasteiger partial charge in [-0.1, -0.05) is 18.5 Å². The molecule has 0 aliphatic rings. The van der Waals surface area contributed by atoms with Crippen molar-refractivity contribution in [1.29, 1.82) is 0 Å². The van der Waals surface area contributed by atoms with Crippen LogP contribution in [0.5, 0.6) is 0 Å². The molecule has 1 N–H and O–H groups in total. The molecule has 0 spiro atoms. The Morgan fingerprint density at radius 2 is 2.22 bits per heavy atom. The van der Waals surface area contributed by atoms with Gasteiger partial charge in [-0.05, 0) is 42.9 Å². The van der Waals surface area contributed by atoms with Gasteiger partial charge < -0.3 is 5.11 Å². The van der Waals surface area contributed by atoms with Crippen molar-refractivity contribution in [1.82, 2.24) is 14.4 Å². The van der Waals surface area contributed by atoms with E-state index in [1.165, 1.54) is 0 Å². The van der Waals surface area contributed by atoms with Crippen LogP contribution in [-0.2, 0) is 0 Å². The SMILES string of the molecule is C[C@@H](CC(C)(C)O)c1nc(I)c2c(Cl)nccn12. The molecule has 0 fully saturated rings. The van der Waals surface area contributed by atoms with Crippen molar-refractivity contribution in [2.24, 2.45) is 0 Å². The van der Waals surface area contributed by atoms with Crippen molar-refractivity contribution in [3.63, 3.8) is 0 Å². The lowest BCUT2D eigenvalue weighted by atomic mass is 9.94. The second-order valence-electron chi connectivity index (χ2n) is 5.12. The number of halogens is 2. The van der Waals surface area contributed by atoms with Crippen LogP contribution < -0.4 is 0 Å². The zero-order valence-corrected chi connectivity index (χ0v) is 13.4. The zero-order chi connectivity index (χ0) is 13.5. The minimum atomic E-state index is -0.715. The molecule has 4 nitrogen and oxygen atoms in total. The zero-order valence-electron chi connectivity index (χ0n) is 10.5. The van der Waals surface area contributed by atoms with Crippen molar-refractivity contribution < 1.29 is 5.11 Å². The van der Waals surface area contributed by atoms with E-state index < -0.39 is 5.60 Å². The van der Waals surface area contributed by atoms with Crippen LogP contribution in [0.2, 0.25) is 5.15 Å². The first-order chi connectivity index (χ1) is 8.29. The van der Waals surface area contributed by atoms with Gasteiger partial charge in [0.15, 0.2) is 5.15 Å². The molecule has 0 unspecified atom stereocenters. The Hall–Kier alpha value is -0.400. The summed E-state index contributed by atoms with van der Waals surface area (Å²) in [6.07, 6.45) is 4.15. The molecule has 0 bridgehead atoms. The molecular formula is C12H15ClIN3O. The molecule has 18 heavy (non-hydrogen) atoms. The van der Waals surface area contributed by atoms with Gasteiger partial charge in [0.2, 0.25) is 0 Å². The highest BCUT2D eigenvalue weighted by molar-refractivity contribution is 14.1. The monoisotopic (exact) mass is 379 g/mol. The van der Waals surface area contributed by atoms with Crippen molar-refractivity contribution in [3.8, 4) is 0 Å². The predicted octanol–water partition coefficient (Wildman–Crippen LogP) is 3.25. The first-order valence-corrected chi connectivity index (χ1v) is 7.15. The standard InChI is InChI=1S/C12H15ClIN3O/c1-7(6-12(2,3)18)11-16-10(14)8-9(13)15-4-5-17(8)11/h4-5,7,18H,6H2,1-3H3/t7-/m0/s1. The van der Waals surface area contributed by atoms with Gasteiger partial charge in [0.05, 0.1) is 5.60 Å². The van der Waals surface area contributed by atoms with Gasteiger partial charge in [0.25, 0.3) is 0 Å². The maximum Gasteiger partial charge on any atom is 0.155 e. The number of hydrogen-bond donors (Lipinski definition) is 1. The Labute approximate surface area is 125 Å². The first kappa shape index (κ1) is 14.0. The maximum absolute atomic E-state index is 9.91. The molecule has 2 aromatic rings. The molecule has 0 aliphatic carbocycles. The molecule has 0 radical (unpaired) electrons. The van der Waals surface area contributed by atoms with E-state index in [9.17, 15) is 5.11 Å². The Morgan fingerprint density at radius 1 is 1.56 bits per heavy atom. The van der Waals surface area contributed by atoms with Crippen LogP contribution in [-0.4, -0.2) is 25.1 Å². The Balaban J connectivity index is 2.49. The number of aromatic nitrogens is 3. The summed E-state index contributed by atoms with van der Waals surface area (Å²) >= 11 is 8.24. The Bertz CT molecular complexity index is 576. The van der Waals surface area contributed by atoms with E-state index in [1.807, 2.05) is 10.6 Å². The third-order valence-corrected chi connectivity index (χ3v) is 3.77.